The molecule has 1 aromatic heterocycles. The first-order valence-corrected chi connectivity index (χ1v) is 11.9. The first-order chi connectivity index (χ1) is 16.6. The Morgan fingerprint density at radius 1 is 0.912 bits per heavy atom. The molecule has 174 valence electrons. The summed E-state index contributed by atoms with van der Waals surface area (Å²) < 4.78 is 12.6. The molecule has 1 heterocycles. The molecule has 0 bridgehead atoms. The number of hydrogen-bond acceptors (Lipinski definition) is 5. The van der Waals surface area contributed by atoms with E-state index in [4.69, 9.17) is 14.5 Å². The summed E-state index contributed by atoms with van der Waals surface area (Å²) in [5.74, 6) is 1.66. The fourth-order valence-corrected chi connectivity index (χ4v) is 4.51. The molecular weight excluding hydrogens is 446 g/mol. The molecule has 7 heteroatoms. The summed E-state index contributed by atoms with van der Waals surface area (Å²) in [4.78, 5) is 17.6. The van der Waals surface area contributed by atoms with E-state index in [9.17, 15) is 4.79 Å². The summed E-state index contributed by atoms with van der Waals surface area (Å²) >= 11 is 1.61. The topological polar surface area (TPSA) is 65.4 Å². The third kappa shape index (κ3) is 5.26. The van der Waals surface area contributed by atoms with Crippen LogP contribution < -0.4 is 14.8 Å². The molecule has 0 aliphatic heterocycles. The van der Waals surface area contributed by atoms with Gasteiger partial charge in [-0.3, -0.25) is 4.79 Å². The quantitative estimate of drug-likeness (QED) is 0.264. The molecule has 4 aromatic rings. The average molecular weight is 474 g/mol. The molecule has 0 saturated heterocycles. The zero-order valence-electron chi connectivity index (χ0n) is 19.4. The lowest BCUT2D eigenvalue weighted by molar-refractivity contribution is 0.0955. The van der Waals surface area contributed by atoms with Gasteiger partial charge in [0, 0.05) is 42.1 Å². The molecular formula is C27H27N3O3S. The number of rotatable bonds is 9. The van der Waals surface area contributed by atoms with Gasteiger partial charge in [0.2, 0.25) is 0 Å². The van der Waals surface area contributed by atoms with Gasteiger partial charge >= 0.3 is 0 Å². The van der Waals surface area contributed by atoms with Gasteiger partial charge in [-0.25, -0.2) is 4.98 Å². The van der Waals surface area contributed by atoms with Crippen LogP contribution in [0, 0.1) is 0 Å². The highest BCUT2D eigenvalue weighted by Crippen LogP contribution is 2.34. The molecule has 4 rings (SSSR count). The number of imidazole rings is 1. The van der Waals surface area contributed by atoms with Crippen LogP contribution in [-0.2, 0) is 7.05 Å². The number of nitrogens with one attached hydrogen (secondary N) is 1. The van der Waals surface area contributed by atoms with Gasteiger partial charge in [0.1, 0.15) is 11.5 Å². The number of benzene rings is 3. The Kier molecular flexibility index (Phi) is 7.54. The van der Waals surface area contributed by atoms with Crippen LogP contribution in [0.1, 0.15) is 10.4 Å². The van der Waals surface area contributed by atoms with Gasteiger partial charge in [0.25, 0.3) is 5.91 Å². The van der Waals surface area contributed by atoms with E-state index in [0.29, 0.717) is 29.4 Å². The summed E-state index contributed by atoms with van der Waals surface area (Å²) in [7, 11) is 5.16. The number of hydrogen-bond donors (Lipinski definition) is 1. The van der Waals surface area contributed by atoms with Crippen molar-refractivity contribution in [2.75, 3.05) is 26.5 Å². The minimum Gasteiger partial charge on any atom is -0.497 e. The second kappa shape index (κ2) is 10.9. The minimum absolute atomic E-state index is 0.174. The van der Waals surface area contributed by atoms with Crippen molar-refractivity contribution in [3.63, 3.8) is 0 Å². The molecule has 3 aromatic carbocycles. The summed E-state index contributed by atoms with van der Waals surface area (Å²) in [5.41, 5.74) is 4.70. The van der Waals surface area contributed by atoms with Crippen LogP contribution in [-0.4, -0.2) is 42.0 Å². The molecule has 0 radical (unpaired) electrons. The zero-order chi connectivity index (χ0) is 23.9. The van der Waals surface area contributed by atoms with Gasteiger partial charge in [0.15, 0.2) is 5.16 Å². The van der Waals surface area contributed by atoms with Crippen LogP contribution in [0.3, 0.4) is 0 Å². The van der Waals surface area contributed by atoms with Crippen LogP contribution in [0.25, 0.3) is 22.5 Å². The highest BCUT2D eigenvalue weighted by molar-refractivity contribution is 7.99. The van der Waals surface area contributed by atoms with E-state index in [0.717, 1.165) is 27.7 Å². The Labute approximate surface area is 203 Å². The van der Waals surface area contributed by atoms with Gasteiger partial charge in [-0.2, -0.15) is 0 Å². The smallest absolute Gasteiger partial charge is 0.251 e. The Hall–Kier alpha value is -3.71. The van der Waals surface area contributed by atoms with Crippen molar-refractivity contribution in [3.8, 4) is 34.0 Å². The summed E-state index contributed by atoms with van der Waals surface area (Å²) in [6, 6.07) is 25.6. The molecule has 1 N–H and O–H groups in total. The molecule has 0 aliphatic rings. The minimum atomic E-state index is -0.174. The molecule has 0 aliphatic carbocycles. The Balaban J connectivity index is 1.48. The monoisotopic (exact) mass is 473 g/mol. The van der Waals surface area contributed by atoms with Crippen molar-refractivity contribution in [2.24, 2.45) is 7.05 Å². The van der Waals surface area contributed by atoms with Gasteiger partial charge in [0.05, 0.1) is 25.6 Å². The predicted octanol–water partition coefficient (Wildman–Crippen LogP) is 5.29. The van der Waals surface area contributed by atoms with Gasteiger partial charge in [-0.15, -0.1) is 0 Å². The largest absolute Gasteiger partial charge is 0.497 e. The number of carbonyl (C=O) groups excluding carboxylic acids is 1. The van der Waals surface area contributed by atoms with E-state index in [1.165, 1.54) is 0 Å². The summed E-state index contributed by atoms with van der Waals surface area (Å²) in [5, 5.41) is 3.87. The third-order valence-electron chi connectivity index (χ3n) is 5.38. The van der Waals surface area contributed by atoms with Crippen molar-refractivity contribution in [2.45, 2.75) is 5.16 Å². The fraction of sp³-hybridized carbons (Fsp3) is 0.185. The molecule has 0 saturated carbocycles. The Morgan fingerprint density at radius 2 is 1.50 bits per heavy atom. The van der Waals surface area contributed by atoms with E-state index in [1.54, 1.807) is 44.2 Å². The maximum atomic E-state index is 12.6. The normalized spacial score (nSPS) is 10.7. The molecule has 1 amide bonds. The van der Waals surface area contributed by atoms with Crippen LogP contribution in [0.2, 0.25) is 0 Å². The highest BCUT2D eigenvalue weighted by Gasteiger charge is 2.18. The Morgan fingerprint density at radius 3 is 2.09 bits per heavy atom. The predicted molar refractivity (Wildman–Crippen MR) is 137 cm³/mol. The number of nitrogens with zero attached hydrogens (tertiary/aromatic N) is 2. The lowest BCUT2D eigenvalue weighted by atomic mass is 10.1. The van der Waals surface area contributed by atoms with Crippen molar-refractivity contribution >= 4 is 17.7 Å². The molecule has 0 atom stereocenters. The van der Waals surface area contributed by atoms with E-state index >= 15 is 0 Å². The second-order valence-electron chi connectivity index (χ2n) is 7.59. The van der Waals surface area contributed by atoms with Crippen molar-refractivity contribution in [1.29, 1.82) is 0 Å². The molecule has 6 nitrogen and oxygen atoms in total. The van der Waals surface area contributed by atoms with E-state index < -0.39 is 0 Å². The zero-order valence-corrected chi connectivity index (χ0v) is 20.3. The highest BCUT2D eigenvalue weighted by atomic mass is 32.2. The number of carbonyl (C=O) groups is 1. The first kappa shape index (κ1) is 23.4. The number of amides is 1. The molecule has 0 unspecified atom stereocenters. The average Bonchev–Trinajstić information content (AvgIpc) is 3.23. The van der Waals surface area contributed by atoms with Crippen LogP contribution >= 0.6 is 11.8 Å². The standard InChI is InChI=1S/C27H27N3O3S/c1-30-25(20-12-8-5-9-13-20)24(19-10-6-4-7-11-19)29-27(30)34-15-14-28-26(31)21-16-22(32-2)18-23(17-21)33-3/h4-13,16-18H,14-15H2,1-3H3,(H,28,31). The van der Waals surface area contributed by atoms with Crippen LogP contribution in [0.4, 0.5) is 0 Å². The van der Waals surface area contributed by atoms with Crippen LogP contribution in [0.15, 0.2) is 84.0 Å². The van der Waals surface area contributed by atoms with Gasteiger partial charge < -0.3 is 19.4 Å². The SMILES string of the molecule is COc1cc(OC)cc(C(=O)NCCSc2nc(-c3ccccc3)c(-c3ccccc3)n2C)c1. The van der Waals surface area contributed by atoms with E-state index in [-0.39, 0.29) is 5.91 Å². The lowest BCUT2D eigenvalue weighted by Crippen LogP contribution is -2.25. The van der Waals surface area contributed by atoms with Crippen molar-refractivity contribution in [1.82, 2.24) is 14.9 Å². The maximum absolute atomic E-state index is 12.6. The first-order valence-electron chi connectivity index (χ1n) is 10.9. The summed E-state index contributed by atoms with van der Waals surface area (Å²) in [6.45, 7) is 0.497. The lowest BCUT2D eigenvalue weighted by Gasteiger charge is -2.09. The van der Waals surface area contributed by atoms with E-state index in [2.05, 4.69) is 34.1 Å². The van der Waals surface area contributed by atoms with Crippen molar-refractivity contribution in [3.05, 3.63) is 84.4 Å². The number of thioether (sulfide) groups is 1. The fourth-order valence-electron chi connectivity index (χ4n) is 3.68. The number of aromatic nitrogens is 2. The maximum Gasteiger partial charge on any atom is 0.251 e. The molecule has 34 heavy (non-hydrogen) atoms. The third-order valence-corrected chi connectivity index (χ3v) is 6.41. The van der Waals surface area contributed by atoms with Gasteiger partial charge in [-0.05, 0) is 12.1 Å². The summed E-state index contributed by atoms with van der Waals surface area (Å²) in [6.07, 6.45) is 0. The van der Waals surface area contributed by atoms with Crippen molar-refractivity contribution < 1.29 is 14.3 Å². The van der Waals surface area contributed by atoms with E-state index in [1.807, 2.05) is 43.4 Å². The molecule has 0 spiro atoms. The second-order valence-corrected chi connectivity index (χ2v) is 8.65. The van der Waals surface area contributed by atoms with Gasteiger partial charge in [-0.1, -0.05) is 72.4 Å². The Bertz CT molecular complexity index is 1230. The number of methoxy groups -OCH3 is 2. The molecule has 0 fully saturated rings. The number of ether oxygens (including phenoxy) is 2. The van der Waals surface area contributed by atoms with Crippen LogP contribution in [0.5, 0.6) is 11.5 Å².